The Hall–Kier alpha value is -2.61. The number of anilines is 1. The van der Waals surface area contributed by atoms with Gasteiger partial charge < -0.3 is 9.84 Å². The SMILES string of the molecule is N#CCC(O)NC[C@H]1CN(c2ccc(C3(C#N)CC3)cc2)C(=O)O1. The van der Waals surface area contributed by atoms with E-state index in [1.165, 1.54) is 4.90 Å². The van der Waals surface area contributed by atoms with Crippen molar-refractivity contribution < 1.29 is 14.6 Å². The topological polar surface area (TPSA) is 109 Å². The zero-order valence-electron chi connectivity index (χ0n) is 13.1. The van der Waals surface area contributed by atoms with Crippen molar-refractivity contribution in [3.05, 3.63) is 29.8 Å². The Balaban J connectivity index is 1.60. The Labute approximate surface area is 140 Å². The van der Waals surface area contributed by atoms with Crippen LogP contribution in [-0.4, -0.2) is 36.6 Å². The fraction of sp³-hybridized carbons (Fsp3) is 0.471. The molecule has 0 aromatic heterocycles. The highest BCUT2D eigenvalue weighted by Crippen LogP contribution is 2.47. The van der Waals surface area contributed by atoms with Crippen LogP contribution in [0.15, 0.2) is 24.3 Å². The maximum atomic E-state index is 12.0. The molecule has 1 aliphatic carbocycles. The molecule has 2 atom stereocenters. The fourth-order valence-corrected chi connectivity index (χ4v) is 2.82. The van der Waals surface area contributed by atoms with E-state index in [1.54, 1.807) is 0 Å². The summed E-state index contributed by atoms with van der Waals surface area (Å²) < 4.78 is 5.27. The highest BCUT2D eigenvalue weighted by molar-refractivity contribution is 5.89. The van der Waals surface area contributed by atoms with Gasteiger partial charge in [0.15, 0.2) is 0 Å². The second-order valence-electron chi connectivity index (χ2n) is 6.14. The molecule has 1 saturated carbocycles. The summed E-state index contributed by atoms with van der Waals surface area (Å²) in [4.78, 5) is 13.5. The largest absolute Gasteiger partial charge is 0.443 e. The standard InChI is InChI=1S/C17H18N4O3/c18-8-5-15(22)20-9-14-10-21(16(23)24-14)13-3-1-12(2-4-13)17(11-19)6-7-17/h1-4,14-15,20,22H,5-7,9-10H2/t14-,15?/m0/s1. The van der Waals surface area contributed by atoms with Gasteiger partial charge in [0.2, 0.25) is 0 Å². The summed E-state index contributed by atoms with van der Waals surface area (Å²) in [6.45, 7) is 0.647. The molecule has 1 saturated heterocycles. The first-order valence-electron chi connectivity index (χ1n) is 7.86. The van der Waals surface area contributed by atoms with Gasteiger partial charge in [-0.15, -0.1) is 0 Å². The van der Waals surface area contributed by atoms with Crippen molar-refractivity contribution in [3.8, 4) is 12.1 Å². The molecule has 24 heavy (non-hydrogen) atoms. The van der Waals surface area contributed by atoms with Gasteiger partial charge in [-0.2, -0.15) is 10.5 Å². The first-order chi connectivity index (χ1) is 11.6. The van der Waals surface area contributed by atoms with Gasteiger partial charge in [-0.1, -0.05) is 12.1 Å². The summed E-state index contributed by atoms with van der Waals surface area (Å²) >= 11 is 0. The molecule has 0 bridgehead atoms. The van der Waals surface area contributed by atoms with Crippen LogP contribution in [0.3, 0.4) is 0 Å². The molecule has 2 aliphatic rings. The normalized spacial score (nSPS) is 22.4. The lowest BCUT2D eigenvalue weighted by atomic mass is 9.97. The minimum Gasteiger partial charge on any atom is -0.443 e. The van der Waals surface area contributed by atoms with Gasteiger partial charge in [-0.25, -0.2) is 4.79 Å². The van der Waals surface area contributed by atoms with Crippen molar-refractivity contribution in [2.24, 2.45) is 0 Å². The van der Waals surface area contributed by atoms with Gasteiger partial charge in [-0.05, 0) is 30.5 Å². The van der Waals surface area contributed by atoms with Crippen molar-refractivity contribution >= 4 is 11.8 Å². The van der Waals surface area contributed by atoms with Crippen molar-refractivity contribution in [2.75, 3.05) is 18.0 Å². The molecule has 1 aromatic carbocycles. The number of rotatable bonds is 6. The summed E-state index contributed by atoms with van der Waals surface area (Å²) in [5.74, 6) is 0. The molecule has 1 unspecified atom stereocenters. The molecule has 2 N–H and O–H groups in total. The molecular formula is C17H18N4O3. The number of nitrogens with one attached hydrogen (secondary N) is 1. The predicted octanol–water partition coefficient (Wildman–Crippen LogP) is 1.39. The number of carbonyl (C=O) groups is 1. The number of amides is 1. The Morgan fingerprint density at radius 2 is 2.08 bits per heavy atom. The maximum Gasteiger partial charge on any atom is 0.414 e. The molecule has 1 amide bonds. The molecule has 1 aliphatic heterocycles. The Morgan fingerprint density at radius 3 is 2.67 bits per heavy atom. The van der Waals surface area contributed by atoms with E-state index in [0.29, 0.717) is 6.54 Å². The van der Waals surface area contributed by atoms with Crippen LogP contribution in [0.4, 0.5) is 10.5 Å². The molecule has 1 aromatic rings. The molecule has 0 spiro atoms. The zero-order valence-corrected chi connectivity index (χ0v) is 13.1. The second kappa shape index (κ2) is 6.48. The van der Waals surface area contributed by atoms with Crippen LogP contribution in [0, 0.1) is 22.7 Å². The van der Waals surface area contributed by atoms with Crippen molar-refractivity contribution in [2.45, 2.75) is 37.0 Å². The minimum atomic E-state index is -0.928. The third-order valence-electron chi connectivity index (χ3n) is 4.44. The van der Waals surface area contributed by atoms with Crippen LogP contribution >= 0.6 is 0 Å². The van der Waals surface area contributed by atoms with Gasteiger partial charge in [-0.3, -0.25) is 10.2 Å². The summed E-state index contributed by atoms with van der Waals surface area (Å²) in [6, 6.07) is 11.6. The van der Waals surface area contributed by atoms with Gasteiger partial charge in [0.25, 0.3) is 0 Å². The average molecular weight is 326 g/mol. The number of benzene rings is 1. The number of nitriles is 2. The van der Waals surface area contributed by atoms with E-state index in [2.05, 4.69) is 11.4 Å². The van der Waals surface area contributed by atoms with E-state index in [4.69, 9.17) is 10.00 Å². The second-order valence-corrected chi connectivity index (χ2v) is 6.14. The third-order valence-corrected chi connectivity index (χ3v) is 4.44. The molecule has 7 heteroatoms. The first kappa shape index (κ1) is 16.3. The van der Waals surface area contributed by atoms with E-state index in [-0.39, 0.29) is 24.5 Å². The molecule has 1 heterocycles. The summed E-state index contributed by atoms with van der Waals surface area (Å²) in [5, 5.41) is 30.0. The minimum absolute atomic E-state index is 0.0213. The molecule has 3 rings (SSSR count). The summed E-state index contributed by atoms with van der Waals surface area (Å²) in [6.07, 6.45) is -0.0133. The van der Waals surface area contributed by atoms with Crippen molar-refractivity contribution in [1.82, 2.24) is 5.32 Å². The smallest absolute Gasteiger partial charge is 0.414 e. The van der Waals surface area contributed by atoms with Crippen LogP contribution in [0.5, 0.6) is 0 Å². The number of cyclic esters (lactones) is 1. The molecule has 124 valence electrons. The highest BCUT2D eigenvalue weighted by Gasteiger charge is 2.44. The maximum absolute atomic E-state index is 12.0. The lowest BCUT2D eigenvalue weighted by Gasteiger charge is -2.15. The van der Waals surface area contributed by atoms with E-state index in [0.717, 1.165) is 24.1 Å². The van der Waals surface area contributed by atoms with Crippen LogP contribution in [0.2, 0.25) is 0 Å². The van der Waals surface area contributed by atoms with E-state index in [1.807, 2.05) is 30.3 Å². The number of hydrogen-bond donors (Lipinski definition) is 2. The Bertz CT molecular complexity index is 700. The molecule has 2 fully saturated rings. The number of ether oxygens (including phenoxy) is 1. The summed E-state index contributed by atoms with van der Waals surface area (Å²) in [5.41, 5.74) is 1.37. The first-order valence-corrected chi connectivity index (χ1v) is 7.86. The predicted molar refractivity (Wildman–Crippen MR) is 84.8 cm³/mol. The summed E-state index contributed by atoms with van der Waals surface area (Å²) in [7, 11) is 0. The number of nitrogens with zero attached hydrogens (tertiary/aromatic N) is 3. The van der Waals surface area contributed by atoms with Gasteiger partial charge >= 0.3 is 6.09 Å². The molecule has 7 nitrogen and oxygen atoms in total. The Morgan fingerprint density at radius 1 is 1.38 bits per heavy atom. The number of aliphatic hydroxyl groups excluding tert-OH is 1. The van der Waals surface area contributed by atoms with E-state index < -0.39 is 12.3 Å². The molecular weight excluding hydrogens is 308 g/mol. The van der Waals surface area contributed by atoms with Gasteiger partial charge in [0.1, 0.15) is 12.3 Å². The monoisotopic (exact) mass is 326 g/mol. The average Bonchev–Trinajstić information content (AvgIpc) is 3.30. The lowest BCUT2D eigenvalue weighted by molar-refractivity contribution is 0.104. The molecule has 0 radical (unpaired) electrons. The van der Waals surface area contributed by atoms with Gasteiger partial charge in [0, 0.05) is 12.2 Å². The zero-order chi connectivity index (χ0) is 17.2. The number of hydrogen-bond acceptors (Lipinski definition) is 6. The van der Waals surface area contributed by atoms with E-state index in [9.17, 15) is 15.2 Å². The lowest BCUT2D eigenvalue weighted by Crippen LogP contribution is -2.37. The number of carbonyl (C=O) groups excluding carboxylic acids is 1. The highest BCUT2D eigenvalue weighted by atomic mass is 16.6. The quantitative estimate of drug-likeness (QED) is 0.765. The van der Waals surface area contributed by atoms with Crippen LogP contribution in [-0.2, 0) is 10.2 Å². The van der Waals surface area contributed by atoms with Crippen LogP contribution in [0.25, 0.3) is 0 Å². The van der Waals surface area contributed by atoms with E-state index >= 15 is 0 Å². The fourth-order valence-electron chi connectivity index (χ4n) is 2.82. The number of aliphatic hydroxyl groups is 1. The van der Waals surface area contributed by atoms with Crippen LogP contribution < -0.4 is 10.2 Å². The van der Waals surface area contributed by atoms with Crippen molar-refractivity contribution in [1.29, 1.82) is 10.5 Å². The van der Waals surface area contributed by atoms with Crippen LogP contribution in [0.1, 0.15) is 24.8 Å². The van der Waals surface area contributed by atoms with Crippen molar-refractivity contribution in [3.63, 3.8) is 0 Å². The Kier molecular flexibility index (Phi) is 4.39. The van der Waals surface area contributed by atoms with Gasteiger partial charge in [0.05, 0.1) is 30.5 Å². The third kappa shape index (κ3) is 3.18.